The first-order valence-corrected chi connectivity index (χ1v) is 15.7. The molecule has 5 rings (SSSR count). The molecule has 1 heterocycles. The van der Waals surface area contributed by atoms with Crippen molar-refractivity contribution in [2.75, 3.05) is 0 Å². The minimum atomic E-state index is -0.235. The van der Waals surface area contributed by atoms with Gasteiger partial charge in [0.05, 0.1) is 5.72 Å². The highest BCUT2D eigenvalue weighted by Crippen LogP contribution is 2.25. The van der Waals surface area contributed by atoms with E-state index in [0.717, 1.165) is 18.3 Å². The molecule has 1 aromatic heterocycles. The van der Waals surface area contributed by atoms with Gasteiger partial charge in [-0.2, -0.15) is 0 Å². The van der Waals surface area contributed by atoms with Crippen molar-refractivity contribution < 1.29 is 0 Å². The van der Waals surface area contributed by atoms with E-state index in [-0.39, 0.29) is 15.3 Å². The van der Waals surface area contributed by atoms with Crippen LogP contribution in [0.4, 0.5) is 0 Å². The van der Waals surface area contributed by atoms with Crippen LogP contribution in [0.25, 0.3) is 5.57 Å². The van der Waals surface area contributed by atoms with Crippen LogP contribution < -0.4 is 5.72 Å². The lowest BCUT2D eigenvalue weighted by Gasteiger charge is -2.18. The molecule has 0 aliphatic heterocycles. The van der Waals surface area contributed by atoms with Gasteiger partial charge in [-0.1, -0.05) is 140 Å². The van der Waals surface area contributed by atoms with E-state index in [0.29, 0.717) is 0 Å². The van der Waals surface area contributed by atoms with Gasteiger partial charge < -0.3 is 4.57 Å². The van der Waals surface area contributed by atoms with Crippen LogP contribution in [0.2, 0.25) is 6.04 Å². The molecule has 0 atom stereocenters. The van der Waals surface area contributed by atoms with Gasteiger partial charge in [-0.25, -0.2) is 0 Å². The van der Waals surface area contributed by atoms with E-state index in [4.69, 9.17) is 4.98 Å². The molecule has 0 saturated carbocycles. The Hall–Kier alpha value is -3.89. The molecule has 4 heteroatoms. The van der Waals surface area contributed by atoms with E-state index < -0.39 is 0 Å². The van der Waals surface area contributed by atoms with Crippen molar-refractivity contribution in [1.29, 1.82) is 0 Å². The first-order chi connectivity index (χ1) is 18.9. The van der Waals surface area contributed by atoms with E-state index in [1.165, 1.54) is 40.3 Å². The molecule has 0 unspecified atom stereocenters. The largest absolute Gasteiger partial charge is 0.347 e. The number of aromatic nitrogens is 2. The Labute approximate surface area is 230 Å². The maximum atomic E-state index is 4.73. The predicted octanol–water partition coefficient (Wildman–Crippen LogP) is 6.46. The molecule has 0 bridgehead atoms. The van der Waals surface area contributed by atoms with Gasteiger partial charge in [0.15, 0.2) is 0 Å². The highest BCUT2D eigenvalue weighted by molar-refractivity contribution is 6.54. The minimum Gasteiger partial charge on any atom is -0.347 e. The van der Waals surface area contributed by atoms with E-state index >= 15 is 0 Å². The Morgan fingerprint density at radius 3 is 1.82 bits per heavy atom. The van der Waals surface area contributed by atoms with E-state index in [1.54, 1.807) is 0 Å². The lowest BCUT2D eigenvalue weighted by Crippen LogP contribution is -2.32. The minimum absolute atomic E-state index is 0.194. The van der Waals surface area contributed by atoms with Crippen molar-refractivity contribution in [3.05, 3.63) is 162 Å². The lowest BCUT2D eigenvalue weighted by molar-refractivity contribution is 0.876. The number of benzene rings is 4. The molecule has 0 saturated heterocycles. The zero-order valence-electron chi connectivity index (χ0n) is 21.9. The van der Waals surface area contributed by atoms with E-state index in [9.17, 15) is 0 Å². The Balaban J connectivity index is 1.19. The van der Waals surface area contributed by atoms with Crippen molar-refractivity contribution in [3.8, 4) is 0 Å². The van der Waals surface area contributed by atoms with E-state index in [2.05, 4.69) is 145 Å². The van der Waals surface area contributed by atoms with Gasteiger partial charge in [-0.3, -0.25) is 4.98 Å². The second-order valence-electron chi connectivity index (χ2n) is 9.64. The molecule has 38 heavy (non-hydrogen) atoms. The van der Waals surface area contributed by atoms with Crippen LogP contribution in [0, 0.1) is 0 Å². The summed E-state index contributed by atoms with van der Waals surface area (Å²) in [5.74, 6) is 0.194. The summed E-state index contributed by atoms with van der Waals surface area (Å²) >= 11 is 0. The number of unbranched alkanes of at least 4 members (excludes halogenated alkanes) is 1. The lowest BCUT2D eigenvalue weighted by atomic mass is 9.58. The third-order valence-corrected chi connectivity index (χ3v) is 8.80. The average molecular weight is 510 g/mol. The molecule has 1 radical (unpaired) electrons. The Bertz CT molecular complexity index is 1320. The van der Waals surface area contributed by atoms with Crippen molar-refractivity contribution >= 4 is 28.1 Å². The molecule has 187 valence electrons. The normalized spacial score (nSPS) is 11.2. The van der Waals surface area contributed by atoms with Crippen LogP contribution in [0.15, 0.2) is 140 Å². The van der Waals surface area contributed by atoms with Gasteiger partial charge in [0.25, 0.3) is 0 Å². The molecule has 0 aliphatic carbocycles. The molecular weight excluding hydrogens is 475 g/mol. The summed E-state index contributed by atoms with van der Waals surface area (Å²) in [6, 6.07) is 44.3. The third-order valence-electron chi connectivity index (χ3n) is 7.00. The summed E-state index contributed by atoms with van der Waals surface area (Å²) in [7, 11) is 2.09. The number of imidazole rings is 1. The van der Waals surface area contributed by atoms with Gasteiger partial charge in [0.2, 0.25) is 7.28 Å². The van der Waals surface area contributed by atoms with Crippen molar-refractivity contribution in [2.24, 2.45) is 0 Å². The van der Waals surface area contributed by atoms with E-state index in [1.807, 2.05) is 6.20 Å². The average Bonchev–Trinajstić information content (AvgIpc) is 3.44. The molecule has 0 fully saturated rings. The number of hydrogen-bond donors (Lipinski definition) is 0. The van der Waals surface area contributed by atoms with Gasteiger partial charge in [-0.05, 0) is 40.1 Å². The topological polar surface area (TPSA) is 17.8 Å². The number of hydrogen-bond acceptors (Lipinski definition) is 1. The first kappa shape index (κ1) is 25.7. The highest BCUT2D eigenvalue weighted by Gasteiger charge is 2.19. The highest BCUT2D eigenvalue weighted by atomic mass is 28.2. The zero-order chi connectivity index (χ0) is 25.8. The van der Waals surface area contributed by atoms with Crippen molar-refractivity contribution in [2.45, 2.75) is 30.9 Å². The summed E-state index contributed by atoms with van der Waals surface area (Å²) in [5, 5.41) is 0. The molecule has 0 N–H and O–H groups in total. The Morgan fingerprint density at radius 1 is 0.737 bits per heavy atom. The van der Waals surface area contributed by atoms with Gasteiger partial charge in [0.1, 0.15) is 0 Å². The van der Waals surface area contributed by atoms with Gasteiger partial charge in [-0.15, -0.1) is 0 Å². The molecule has 4 aromatic carbocycles. The smallest absolute Gasteiger partial charge is 0.215 e. The standard InChI is InChI=1S/C34H34BN2Si/c1-5-15-28(16-6-1)32(29-17-7-2-8-18-29)23-13-14-26-38-27-37-25-24-36-34(37)35-33(30-19-9-3-10-20-30)31-21-11-4-12-22-31/h1-12,15-25,33H,13-14,26-27,38H2. The fraction of sp³-hybridized carbons (Fsp3) is 0.147. The molecule has 5 aromatic rings. The molecule has 2 nitrogen and oxygen atoms in total. The van der Waals surface area contributed by atoms with Crippen LogP contribution >= 0.6 is 0 Å². The fourth-order valence-electron chi connectivity index (χ4n) is 5.01. The molecule has 0 amide bonds. The quantitative estimate of drug-likeness (QED) is 0.139. The number of nitrogens with zero attached hydrogens (tertiary/aromatic N) is 2. The fourth-order valence-corrected chi connectivity index (χ4v) is 6.60. The van der Waals surface area contributed by atoms with Crippen LogP contribution in [0.3, 0.4) is 0 Å². The van der Waals surface area contributed by atoms with Crippen LogP contribution in [0.1, 0.15) is 40.9 Å². The van der Waals surface area contributed by atoms with Crippen LogP contribution in [0.5, 0.6) is 0 Å². The number of rotatable bonds is 12. The summed E-state index contributed by atoms with van der Waals surface area (Å²) in [4.78, 5) is 4.73. The monoisotopic (exact) mass is 509 g/mol. The predicted molar refractivity (Wildman–Crippen MR) is 165 cm³/mol. The summed E-state index contributed by atoms with van der Waals surface area (Å²) in [6.07, 6.45) is 9.99. The second-order valence-corrected chi connectivity index (χ2v) is 11.5. The van der Waals surface area contributed by atoms with Gasteiger partial charge in [0, 0.05) is 28.1 Å². The Kier molecular flexibility index (Phi) is 9.21. The molecule has 0 aliphatic rings. The zero-order valence-corrected chi connectivity index (χ0v) is 23.3. The summed E-state index contributed by atoms with van der Waals surface area (Å²) in [6.45, 7) is 0. The maximum Gasteiger partial charge on any atom is 0.215 e. The van der Waals surface area contributed by atoms with Crippen LogP contribution in [-0.2, 0) is 6.17 Å². The third kappa shape index (κ3) is 6.90. The SMILES string of the molecule is [B](c1nccn1C[SiH2]CCCC=C(c1ccccc1)c1ccccc1)C(c1ccccc1)c1ccccc1. The molecule has 0 spiro atoms. The van der Waals surface area contributed by atoms with Crippen LogP contribution in [-0.4, -0.2) is 26.4 Å². The maximum absolute atomic E-state index is 4.73. The van der Waals surface area contributed by atoms with Crippen molar-refractivity contribution in [1.82, 2.24) is 9.55 Å². The Morgan fingerprint density at radius 2 is 1.26 bits per heavy atom. The summed E-state index contributed by atoms with van der Waals surface area (Å²) < 4.78 is 2.36. The summed E-state index contributed by atoms with van der Waals surface area (Å²) in [5.41, 5.74) is 7.59. The van der Waals surface area contributed by atoms with Gasteiger partial charge >= 0.3 is 0 Å². The van der Waals surface area contributed by atoms with Crippen molar-refractivity contribution in [3.63, 3.8) is 0 Å². The molecular formula is C34H34BN2Si. The first-order valence-electron chi connectivity index (χ1n) is 13.7. The number of allylic oxidation sites excluding steroid dienone is 1. The second kappa shape index (κ2) is 13.6.